The molecule has 1 atom stereocenters. The van der Waals surface area contributed by atoms with Crippen LogP contribution in [0.3, 0.4) is 0 Å². The number of nitrogens with zero attached hydrogens (tertiary/aromatic N) is 5. The van der Waals surface area contributed by atoms with Gasteiger partial charge in [-0.3, -0.25) is 13.8 Å². The Morgan fingerprint density at radius 3 is 2.68 bits per heavy atom. The molecule has 2 aliphatic heterocycles. The number of fused-ring (bicyclic) bond motifs is 2. The summed E-state index contributed by atoms with van der Waals surface area (Å²) < 4.78 is 27.1. The molecule has 1 N–H and O–H groups in total. The second-order valence-corrected chi connectivity index (χ2v) is 11.1. The fraction of sp³-hybridized carbons (Fsp3) is 0.567. The highest BCUT2D eigenvalue weighted by molar-refractivity contribution is 5.79. The molecule has 1 saturated heterocycles. The number of benzene rings is 1. The van der Waals surface area contributed by atoms with E-state index in [1.165, 1.54) is 12.1 Å². The van der Waals surface area contributed by atoms with Gasteiger partial charge in [0.2, 0.25) is 6.73 Å². The van der Waals surface area contributed by atoms with Gasteiger partial charge in [0, 0.05) is 67.5 Å². The summed E-state index contributed by atoms with van der Waals surface area (Å²) in [7, 11) is 0. The lowest BCUT2D eigenvalue weighted by Gasteiger charge is -2.43. The van der Waals surface area contributed by atoms with Gasteiger partial charge in [0.15, 0.2) is 5.58 Å². The van der Waals surface area contributed by atoms with Gasteiger partial charge in [-0.05, 0) is 45.7 Å². The van der Waals surface area contributed by atoms with E-state index in [-0.39, 0.29) is 37.5 Å². The first kappa shape index (κ1) is 30.6. The number of carbonyl (C=O) groups excluding carboxylic acids is 1. The molecule has 0 radical (unpaired) electrons. The molecule has 41 heavy (non-hydrogen) atoms. The topological polar surface area (TPSA) is 111 Å². The first-order valence-corrected chi connectivity index (χ1v) is 14.3. The van der Waals surface area contributed by atoms with Crippen molar-refractivity contribution in [3.63, 3.8) is 0 Å². The van der Waals surface area contributed by atoms with Gasteiger partial charge >= 0.3 is 6.09 Å². The van der Waals surface area contributed by atoms with E-state index in [4.69, 9.17) is 9.26 Å². The van der Waals surface area contributed by atoms with Gasteiger partial charge in [-0.1, -0.05) is 5.16 Å². The number of amides is 1. The summed E-state index contributed by atoms with van der Waals surface area (Å²) in [5.74, 6) is 0.229. The fourth-order valence-electron chi connectivity index (χ4n) is 6.20. The maximum Gasteiger partial charge on any atom is 0.414 e. The number of aryl methyl sites for hydroxylation is 1. The number of carbonyl (C=O) groups is 1. The Hall–Kier alpha value is -3.31. The van der Waals surface area contributed by atoms with Crippen molar-refractivity contribution in [2.24, 2.45) is 0 Å². The smallest absolute Gasteiger partial charge is 0.399 e. The predicted molar refractivity (Wildman–Crippen MR) is 153 cm³/mol. The van der Waals surface area contributed by atoms with Crippen LogP contribution in [-0.4, -0.2) is 74.7 Å². The number of piperidine rings is 1. The number of aliphatic hydroxyl groups excluding tert-OH is 1. The fourth-order valence-corrected chi connectivity index (χ4v) is 6.20. The number of ether oxygens (including phenoxy) is 1. The normalized spacial score (nSPS) is 22.2. The standard InChI is InChI=1S/C29H39FN5O5.CH3/c1-4-33(5-2)29(38)39-18-35(16-12-22-19(3)31-27-24(36)7-6-13-34(27)28(22)37)14-10-20(11-15-35)26-23-9-8-21(30)17-25(23)40-32-26;/h8-9,17,20,24,36H,4-7,10-16,18H2,1-3H3;1H3/q+1;-1. The first-order valence-electron chi connectivity index (χ1n) is 14.3. The lowest BCUT2D eigenvalue weighted by atomic mass is 9.90. The molecule has 0 bridgehead atoms. The minimum Gasteiger partial charge on any atom is -0.399 e. The average Bonchev–Trinajstić information content (AvgIpc) is 3.36. The van der Waals surface area contributed by atoms with Crippen molar-refractivity contribution in [3.8, 4) is 0 Å². The van der Waals surface area contributed by atoms with Crippen LogP contribution >= 0.6 is 0 Å². The van der Waals surface area contributed by atoms with Gasteiger partial charge in [0.25, 0.3) is 5.56 Å². The number of likely N-dealkylation sites (tertiary alicyclic amines) is 1. The molecule has 1 fully saturated rings. The summed E-state index contributed by atoms with van der Waals surface area (Å²) in [5.41, 5.74) is 2.48. The zero-order valence-electron chi connectivity index (χ0n) is 24.6. The largest absolute Gasteiger partial charge is 0.414 e. The van der Waals surface area contributed by atoms with Crippen LogP contribution in [0.25, 0.3) is 11.0 Å². The van der Waals surface area contributed by atoms with Gasteiger partial charge in [-0.15, -0.1) is 0 Å². The highest BCUT2D eigenvalue weighted by Crippen LogP contribution is 2.35. The number of hydrogen-bond acceptors (Lipinski definition) is 7. The zero-order chi connectivity index (χ0) is 28.4. The third-order valence-corrected chi connectivity index (χ3v) is 8.73. The summed E-state index contributed by atoms with van der Waals surface area (Å²) in [5, 5.41) is 15.5. The summed E-state index contributed by atoms with van der Waals surface area (Å²) >= 11 is 0. The van der Waals surface area contributed by atoms with Crippen LogP contribution in [0.5, 0.6) is 0 Å². The Labute approximate surface area is 240 Å². The molecule has 11 heteroatoms. The average molecular weight is 572 g/mol. The van der Waals surface area contributed by atoms with Crippen LogP contribution in [0.15, 0.2) is 27.5 Å². The summed E-state index contributed by atoms with van der Waals surface area (Å²) in [4.78, 5) is 32.4. The number of rotatable bonds is 8. The molecule has 0 aliphatic carbocycles. The van der Waals surface area contributed by atoms with E-state index in [0.717, 1.165) is 43.4 Å². The van der Waals surface area contributed by atoms with Crippen LogP contribution < -0.4 is 5.56 Å². The quantitative estimate of drug-likeness (QED) is 0.314. The third-order valence-electron chi connectivity index (χ3n) is 8.73. The van der Waals surface area contributed by atoms with E-state index in [0.29, 0.717) is 66.2 Å². The predicted octanol–water partition coefficient (Wildman–Crippen LogP) is 4.48. The van der Waals surface area contributed by atoms with Gasteiger partial charge in [-0.2, -0.15) is 0 Å². The molecular formula is C30H42FN5O5. The lowest BCUT2D eigenvalue weighted by molar-refractivity contribution is -0.948. The summed E-state index contributed by atoms with van der Waals surface area (Å²) in [6.07, 6.45) is 2.37. The van der Waals surface area contributed by atoms with Gasteiger partial charge < -0.3 is 26.7 Å². The molecular weight excluding hydrogens is 529 g/mol. The monoisotopic (exact) mass is 571 g/mol. The third kappa shape index (κ3) is 6.16. The van der Waals surface area contributed by atoms with Crippen molar-refractivity contribution in [2.75, 3.05) is 39.5 Å². The molecule has 4 heterocycles. The number of quaternary nitrogens is 1. The number of hydrogen-bond donors (Lipinski definition) is 1. The Kier molecular flexibility index (Phi) is 9.48. The maximum absolute atomic E-state index is 13.7. The van der Waals surface area contributed by atoms with Crippen LogP contribution in [0.1, 0.15) is 74.3 Å². The van der Waals surface area contributed by atoms with Crippen molar-refractivity contribution >= 4 is 17.1 Å². The second kappa shape index (κ2) is 12.7. The van der Waals surface area contributed by atoms with Crippen molar-refractivity contribution in [1.29, 1.82) is 0 Å². The minimum atomic E-state index is -0.713. The second-order valence-electron chi connectivity index (χ2n) is 11.1. The molecule has 5 rings (SSSR count). The van der Waals surface area contributed by atoms with Gasteiger partial charge in [-0.25, -0.2) is 14.2 Å². The van der Waals surface area contributed by atoms with Crippen molar-refractivity contribution < 1.29 is 28.0 Å². The molecule has 2 aliphatic rings. The van der Waals surface area contributed by atoms with Crippen molar-refractivity contribution in [2.45, 2.75) is 71.4 Å². The van der Waals surface area contributed by atoms with E-state index in [1.54, 1.807) is 15.5 Å². The SMILES string of the molecule is CCN(CC)C(=O)OC[N+]1(CCc2c(C)nc3n(c2=O)CCCC3O)CCC(c2noc3cc(F)ccc23)CC1.[CH3-]. The molecule has 3 aromatic rings. The molecule has 0 saturated carbocycles. The molecule has 10 nitrogen and oxygen atoms in total. The number of aromatic nitrogens is 3. The highest BCUT2D eigenvalue weighted by atomic mass is 19.1. The van der Waals surface area contributed by atoms with E-state index in [9.17, 15) is 19.1 Å². The Bertz CT molecular complexity index is 1420. The van der Waals surface area contributed by atoms with E-state index in [2.05, 4.69) is 10.1 Å². The minimum absolute atomic E-state index is 0. The van der Waals surface area contributed by atoms with Crippen molar-refractivity contribution in [1.82, 2.24) is 19.6 Å². The lowest BCUT2D eigenvalue weighted by Crippen LogP contribution is -2.56. The molecule has 1 unspecified atom stereocenters. The van der Waals surface area contributed by atoms with Crippen LogP contribution in [0.4, 0.5) is 9.18 Å². The Morgan fingerprint density at radius 2 is 1.98 bits per heavy atom. The zero-order valence-corrected chi connectivity index (χ0v) is 24.6. The Balaban J connectivity index is 0.00000387. The summed E-state index contributed by atoms with van der Waals surface area (Å²) in [6, 6.07) is 4.49. The van der Waals surface area contributed by atoms with Crippen molar-refractivity contribution in [3.05, 3.63) is 64.6 Å². The maximum atomic E-state index is 13.7. The molecule has 224 valence electrons. The van der Waals surface area contributed by atoms with E-state index in [1.807, 2.05) is 20.8 Å². The highest BCUT2D eigenvalue weighted by Gasteiger charge is 2.38. The molecule has 0 spiro atoms. The van der Waals surface area contributed by atoms with Crippen LogP contribution in [-0.2, 0) is 17.7 Å². The van der Waals surface area contributed by atoms with E-state index >= 15 is 0 Å². The van der Waals surface area contributed by atoms with E-state index < -0.39 is 6.10 Å². The van der Waals surface area contributed by atoms with Gasteiger partial charge in [0.05, 0.1) is 25.3 Å². The summed E-state index contributed by atoms with van der Waals surface area (Å²) in [6.45, 7) is 9.65. The van der Waals surface area contributed by atoms with Crippen LogP contribution in [0.2, 0.25) is 0 Å². The van der Waals surface area contributed by atoms with Gasteiger partial charge in [0.1, 0.15) is 17.7 Å². The number of halogens is 1. The molecule has 1 aromatic carbocycles. The number of aliphatic hydroxyl groups is 1. The molecule has 2 aromatic heterocycles. The Morgan fingerprint density at radius 1 is 1.24 bits per heavy atom. The van der Waals surface area contributed by atoms with Crippen LogP contribution in [0, 0.1) is 20.2 Å². The first-order chi connectivity index (χ1) is 19.2. The molecule has 1 amide bonds.